The molecule has 0 spiro atoms. The van der Waals surface area contributed by atoms with Gasteiger partial charge in [0.15, 0.2) is 0 Å². The summed E-state index contributed by atoms with van der Waals surface area (Å²) in [5.41, 5.74) is 9.89. The summed E-state index contributed by atoms with van der Waals surface area (Å²) in [7, 11) is 1.63. The Labute approximate surface area is 143 Å². The first kappa shape index (κ1) is 18.1. The van der Waals surface area contributed by atoms with E-state index in [0.29, 0.717) is 18.8 Å². The molecule has 0 unspecified atom stereocenters. The van der Waals surface area contributed by atoms with Gasteiger partial charge in [0.25, 0.3) is 5.91 Å². The maximum atomic E-state index is 12.1. The first-order chi connectivity index (χ1) is 11.5. The van der Waals surface area contributed by atoms with Crippen molar-refractivity contribution in [3.05, 3.63) is 41.2 Å². The summed E-state index contributed by atoms with van der Waals surface area (Å²) in [4.78, 5) is 12.1. The number of hydrogen-bond acceptors (Lipinski definition) is 3. The molecule has 1 heterocycles. The lowest BCUT2D eigenvalue weighted by atomic mass is 9.99. The zero-order valence-electron chi connectivity index (χ0n) is 14.9. The smallest absolute Gasteiger partial charge is 0.251 e. The minimum absolute atomic E-state index is 0.417. The molecule has 2 rings (SSSR count). The second-order valence-corrected chi connectivity index (χ2v) is 5.69. The number of aromatic nitrogens is 1. The maximum Gasteiger partial charge on any atom is 0.251 e. The van der Waals surface area contributed by atoms with Gasteiger partial charge in [0.1, 0.15) is 5.75 Å². The largest absolute Gasteiger partial charge is 0.496 e. The molecule has 0 bridgehead atoms. The number of nitrogens with zero attached hydrogens (tertiary/aromatic N) is 1. The fourth-order valence-electron chi connectivity index (χ4n) is 3.17. The van der Waals surface area contributed by atoms with E-state index in [-0.39, 0.29) is 0 Å². The van der Waals surface area contributed by atoms with Crippen molar-refractivity contribution in [2.75, 3.05) is 20.3 Å². The molecule has 24 heavy (non-hydrogen) atoms. The minimum atomic E-state index is -0.417. The molecule has 5 nitrogen and oxygen atoms in total. The van der Waals surface area contributed by atoms with Gasteiger partial charge in [-0.15, -0.1) is 0 Å². The van der Waals surface area contributed by atoms with Crippen molar-refractivity contribution in [2.45, 2.75) is 33.7 Å². The van der Waals surface area contributed by atoms with Gasteiger partial charge >= 0.3 is 0 Å². The molecule has 2 N–H and O–H groups in total. The zero-order valence-corrected chi connectivity index (χ0v) is 14.9. The first-order valence-electron chi connectivity index (χ1n) is 8.23. The van der Waals surface area contributed by atoms with Gasteiger partial charge in [-0.25, -0.2) is 0 Å². The molecule has 130 valence electrons. The molecule has 1 aromatic heterocycles. The van der Waals surface area contributed by atoms with Crippen molar-refractivity contribution in [1.82, 2.24) is 4.57 Å². The van der Waals surface area contributed by atoms with E-state index < -0.39 is 5.91 Å². The molecule has 0 aliphatic heterocycles. The van der Waals surface area contributed by atoms with Crippen LogP contribution in [0.2, 0.25) is 0 Å². The monoisotopic (exact) mass is 330 g/mol. The third-order valence-corrected chi connectivity index (χ3v) is 4.28. The van der Waals surface area contributed by atoms with Crippen LogP contribution >= 0.6 is 0 Å². The van der Waals surface area contributed by atoms with Crippen molar-refractivity contribution >= 4 is 5.91 Å². The summed E-state index contributed by atoms with van der Waals surface area (Å²) in [6.45, 7) is 8.13. The summed E-state index contributed by atoms with van der Waals surface area (Å²) in [6, 6.07) is 7.69. The Balaban J connectivity index is 2.52. The lowest BCUT2D eigenvalue weighted by Crippen LogP contribution is -2.14. The van der Waals surface area contributed by atoms with Crippen LogP contribution in [0.25, 0.3) is 11.1 Å². The lowest BCUT2D eigenvalue weighted by molar-refractivity contribution is 0.1000. The zero-order chi connectivity index (χ0) is 17.7. The highest BCUT2D eigenvalue weighted by Gasteiger charge is 2.24. The highest BCUT2D eigenvalue weighted by atomic mass is 16.5. The number of hydrogen-bond donors (Lipinski definition) is 1. The molecule has 1 aromatic carbocycles. The third kappa shape index (κ3) is 3.46. The molecule has 0 fully saturated rings. The maximum absolute atomic E-state index is 12.1. The summed E-state index contributed by atoms with van der Waals surface area (Å²) >= 11 is 0. The van der Waals surface area contributed by atoms with E-state index in [9.17, 15) is 4.79 Å². The number of rotatable bonds is 8. The van der Waals surface area contributed by atoms with Crippen molar-refractivity contribution in [1.29, 1.82) is 0 Å². The van der Waals surface area contributed by atoms with Crippen LogP contribution < -0.4 is 10.5 Å². The molecule has 0 saturated carbocycles. The predicted molar refractivity (Wildman–Crippen MR) is 95.5 cm³/mol. The number of carbonyl (C=O) groups is 1. The Kier molecular flexibility index (Phi) is 6.04. The van der Waals surface area contributed by atoms with E-state index in [1.54, 1.807) is 7.11 Å². The number of primary amides is 1. The van der Waals surface area contributed by atoms with E-state index in [1.807, 2.05) is 45.0 Å². The van der Waals surface area contributed by atoms with Crippen molar-refractivity contribution in [3.63, 3.8) is 0 Å². The molecule has 0 atom stereocenters. The van der Waals surface area contributed by atoms with E-state index in [4.69, 9.17) is 15.2 Å². The predicted octanol–water partition coefficient (Wildman–Crippen LogP) is 3.31. The molecule has 0 aliphatic carbocycles. The summed E-state index contributed by atoms with van der Waals surface area (Å²) < 4.78 is 13.0. The highest BCUT2D eigenvalue weighted by molar-refractivity contribution is 6.02. The third-order valence-electron chi connectivity index (χ3n) is 4.28. The van der Waals surface area contributed by atoms with Gasteiger partial charge in [-0.2, -0.15) is 0 Å². The fourth-order valence-corrected chi connectivity index (χ4v) is 3.17. The molecule has 2 aromatic rings. The average molecular weight is 330 g/mol. The second kappa shape index (κ2) is 8.02. The molecule has 5 heteroatoms. The number of nitrogens with two attached hydrogens (primary N) is 1. The van der Waals surface area contributed by atoms with Crippen molar-refractivity contribution < 1.29 is 14.3 Å². The quantitative estimate of drug-likeness (QED) is 0.755. The van der Waals surface area contributed by atoms with Crippen LogP contribution in [0, 0.1) is 13.8 Å². The number of amides is 1. The Morgan fingerprint density at radius 3 is 2.54 bits per heavy atom. The highest BCUT2D eigenvalue weighted by Crippen LogP contribution is 2.37. The minimum Gasteiger partial charge on any atom is -0.496 e. The number of para-hydroxylation sites is 1. The van der Waals surface area contributed by atoms with E-state index in [2.05, 4.69) is 4.57 Å². The molecular weight excluding hydrogens is 304 g/mol. The van der Waals surface area contributed by atoms with Crippen LogP contribution in [0.15, 0.2) is 24.3 Å². The standard InChI is InChI=1S/C19H26N2O3/c1-5-24-12-8-11-21-13(2)17(18(14(21)3)19(20)22)15-9-6-7-10-16(15)23-4/h6-7,9-10H,5,8,11-12H2,1-4H3,(H2,20,22). The second-order valence-electron chi connectivity index (χ2n) is 5.69. The van der Waals surface area contributed by atoms with Crippen molar-refractivity contribution in [3.8, 4) is 16.9 Å². The van der Waals surface area contributed by atoms with Crippen LogP contribution in [-0.2, 0) is 11.3 Å². The van der Waals surface area contributed by atoms with Crippen molar-refractivity contribution in [2.24, 2.45) is 5.73 Å². The van der Waals surface area contributed by atoms with Crippen LogP contribution in [0.1, 0.15) is 35.1 Å². The average Bonchev–Trinajstić information content (AvgIpc) is 2.82. The van der Waals surface area contributed by atoms with E-state index in [0.717, 1.165) is 41.2 Å². The lowest BCUT2D eigenvalue weighted by Gasteiger charge is -2.11. The summed E-state index contributed by atoms with van der Waals surface area (Å²) in [5.74, 6) is 0.314. The number of ether oxygens (including phenoxy) is 2. The van der Waals surface area contributed by atoms with Gasteiger partial charge in [0, 0.05) is 42.3 Å². The van der Waals surface area contributed by atoms with Gasteiger partial charge in [-0.1, -0.05) is 18.2 Å². The van der Waals surface area contributed by atoms with Gasteiger partial charge < -0.3 is 19.8 Å². The van der Waals surface area contributed by atoms with Gasteiger partial charge in [0.05, 0.1) is 12.7 Å². The van der Waals surface area contributed by atoms with E-state index >= 15 is 0 Å². The van der Waals surface area contributed by atoms with Gasteiger partial charge in [-0.05, 0) is 33.3 Å². The Morgan fingerprint density at radius 1 is 1.21 bits per heavy atom. The molecule has 1 amide bonds. The van der Waals surface area contributed by atoms with Crippen LogP contribution in [0.4, 0.5) is 0 Å². The SMILES string of the molecule is CCOCCCn1c(C)c(C(N)=O)c(-c2ccccc2OC)c1C. The normalized spacial score (nSPS) is 10.8. The Bertz CT molecular complexity index is 720. The molecular formula is C19H26N2O3. The van der Waals surface area contributed by atoms with Crippen LogP contribution in [0.5, 0.6) is 5.75 Å². The van der Waals surface area contributed by atoms with Crippen LogP contribution in [0.3, 0.4) is 0 Å². The van der Waals surface area contributed by atoms with E-state index in [1.165, 1.54) is 0 Å². The van der Waals surface area contributed by atoms with Crippen LogP contribution in [-0.4, -0.2) is 30.8 Å². The number of methoxy groups -OCH3 is 1. The van der Waals surface area contributed by atoms with Gasteiger partial charge in [0.2, 0.25) is 0 Å². The van der Waals surface area contributed by atoms with Gasteiger partial charge in [-0.3, -0.25) is 4.79 Å². The number of benzene rings is 1. The fraction of sp³-hybridized carbons (Fsp3) is 0.421. The summed E-state index contributed by atoms with van der Waals surface area (Å²) in [6.07, 6.45) is 0.883. The Hall–Kier alpha value is -2.27. The number of carbonyl (C=O) groups excluding carboxylic acids is 1. The Morgan fingerprint density at radius 2 is 1.92 bits per heavy atom. The summed E-state index contributed by atoms with van der Waals surface area (Å²) in [5, 5.41) is 0. The topological polar surface area (TPSA) is 66.5 Å². The first-order valence-corrected chi connectivity index (χ1v) is 8.23. The molecule has 0 radical (unpaired) electrons. The molecule has 0 saturated heterocycles. The molecule has 0 aliphatic rings.